The van der Waals surface area contributed by atoms with Crippen molar-refractivity contribution in [2.45, 2.75) is 50.3 Å². The van der Waals surface area contributed by atoms with Crippen molar-refractivity contribution in [1.82, 2.24) is 5.32 Å². The Labute approximate surface area is 126 Å². The number of esters is 1. The van der Waals surface area contributed by atoms with Gasteiger partial charge in [-0.05, 0) is 44.0 Å². The van der Waals surface area contributed by atoms with Crippen LogP contribution in [0.4, 0.5) is 0 Å². The van der Waals surface area contributed by atoms with Crippen molar-refractivity contribution >= 4 is 17.7 Å². The van der Waals surface area contributed by atoms with Crippen LogP contribution in [-0.4, -0.2) is 24.4 Å². The highest BCUT2D eigenvalue weighted by Gasteiger charge is 2.18. The van der Waals surface area contributed by atoms with Crippen molar-refractivity contribution < 1.29 is 9.53 Å². The lowest BCUT2D eigenvalue weighted by atomic mass is 10.2. The van der Waals surface area contributed by atoms with Gasteiger partial charge in [-0.3, -0.25) is 4.79 Å². The minimum Gasteiger partial charge on any atom is -0.465 e. The van der Waals surface area contributed by atoms with Crippen LogP contribution < -0.4 is 5.32 Å². The summed E-state index contributed by atoms with van der Waals surface area (Å²) in [5.41, 5.74) is 1.25. The topological polar surface area (TPSA) is 38.3 Å². The van der Waals surface area contributed by atoms with Crippen molar-refractivity contribution in [1.29, 1.82) is 0 Å². The fraction of sp³-hybridized carbons (Fsp3) is 0.562. The van der Waals surface area contributed by atoms with Gasteiger partial charge in [-0.15, -0.1) is 11.8 Å². The maximum absolute atomic E-state index is 11.8. The average Bonchev–Trinajstić information content (AvgIpc) is 2.46. The molecule has 0 aliphatic heterocycles. The monoisotopic (exact) mass is 295 g/mol. The summed E-state index contributed by atoms with van der Waals surface area (Å²) in [6, 6.07) is 8.35. The Kier molecular flexibility index (Phi) is 8.38. The first-order valence-corrected chi connectivity index (χ1v) is 8.22. The van der Waals surface area contributed by atoms with Crippen LogP contribution >= 0.6 is 11.8 Å². The fourth-order valence-electron chi connectivity index (χ4n) is 1.84. The predicted octanol–water partition coefficient (Wildman–Crippen LogP) is 3.62. The van der Waals surface area contributed by atoms with E-state index in [1.807, 2.05) is 19.9 Å². The molecule has 1 aromatic rings. The summed E-state index contributed by atoms with van der Waals surface area (Å²) in [6.45, 7) is 8.36. The van der Waals surface area contributed by atoms with Gasteiger partial charge in [-0.2, -0.15) is 0 Å². The SMILES string of the molecule is CCCNCc1cccc(SC(CC)C(=O)OCC)c1. The smallest absolute Gasteiger partial charge is 0.319 e. The molecule has 0 heterocycles. The van der Waals surface area contributed by atoms with Gasteiger partial charge >= 0.3 is 5.97 Å². The maximum Gasteiger partial charge on any atom is 0.319 e. The van der Waals surface area contributed by atoms with Gasteiger partial charge in [-0.25, -0.2) is 0 Å². The number of ether oxygens (including phenoxy) is 1. The summed E-state index contributed by atoms with van der Waals surface area (Å²) >= 11 is 1.59. The molecule has 0 aliphatic rings. The van der Waals surface area contributed by atoms with Crippen LogP contribution in [0.15, 0.2) is 29.2 Å². The van der Waals surface area contributed by atoms with Gasteiger partial charge in [0.15, 0.2) is 0 Å². The lowest BCUT2D eigenvalue weighted by Crippen LogP contribution is -2.19. The molecule has 112 valence electrons. The molecule has 0 radical (unpaired) electrons. The molecule has 1 aromatic carbocycles. The largest absolute Gasteiger partial charge is 0.465 e. The van der Waals surface area contributed by atoms with E-state index < -0.39 is 0 Å². The maximum atomic E-state index is 11.8. The molecule has 1 unspecified atom stereocenters. The highest BCUT2D eigenvalue weighted by atomic mass is 32.2. The number of thioether (sulfide) groups is 1. The number of rotatable bonds is 9. The summed E-state index contributed by atoms with van der Waals surface area (Å²) in [7, 11) is 0. The van der Waals surface area contributed by atoms with E-state index in [1.165, 1.54) is 5.56 Å². The second-order valence-corrected chi connectivity index (χ2v) is 5.87. The average molecular weight is 295 g/mol. The first-order valence-electron chi connectivity index (χ1n) is 7.34. The van der Waals surface area contributed by atoms with Gasteiger partial charge in [0.1, 0.15) is 5.25 Å². The molecular weight excluding hydrogens is 270 g/mol. The van der Waals surface area contributed by atoms with Crippen molar-refractivity contribution in [3.63, 3.8) is 0 Å². The summed E-state index contributed by atoms with van der Waals surface area (Å²) in [6.07, 6.45) is 1.91. The van der Waals surface area contributed by atoms with Crippen LogP contribution in [0.5, 0.6) is 0 Å². The zero-order valence-electron chi connectivity index (χ0n) is 12.6. The van der Waals surface area contributed by atoms with E-state index in [0.29, 0.717) is 6.61 Å². The highest BCUT2D eigenvalue weighted by Crippen LogP contribution is 2.27. The van der Waals surface area contributed by atoms with Crippen molar-refractivity contribution in [3.05, 3.63) is 29.8 Å². The number of carbonyl (C=O) groups is 1. The molecule has 1 atom stereocenters. The molecule has 0 amide bonds. The molecule has 0 saturated carbocycles. The third-order valence-corrected chi connectivity index (χ3v) is 4.19. The Morgan fingerprint density at radius 3 is 2.80 bits per heavy atom. The first-order chi connectivity index (χ1) is 9.71. The van der Waals surface area contributed by atoms with E-state index in [-0.39, 0.29) is 11.2 Å². The fourth-order valence-corrected chi connectivity index (χ4v) is 2.87. The lowest BCUT2D eigenvalue weighted by molar-refractivity contribution is -0.142. The Bertz CT molecular complexity index is 409. The van der Waals surface area contributed by atoms with Crippen LogP contribution in [0, 0.1) is 0 Å². The van der Waals surface area contributed by atoms with Crippen LogP contribution in [0.1, 0.15) is 39.2 Å². The van der Waals surface area contributed by atoms with E-state index in [9.17, 15) is 4.79 Å². The Morgan fingerprint density at radius 1 is 1.35 bits per heavy atom. The van der Waals surface area contributed by atoms with Gasteiger partial charge < -0.3 is 10.1 Å². The molecule has 1 N–H and O–H groups in total. The van der Waals surface area contributed by atoms with Gasteiger partial charge in [0.2, 0.25) is 0 Å². The minimum absolute atomic E-state index is 0.116. The van der Waals surface area contributed by atoms with Gasteiger partial charge in [-0.1, -0.05) is 26.0 Å². The summed E-state index contributed by atoms with van der Waals surface area (Å²) in [5, 5.41) is 3.27. The molecule has 0 aliphatic carbocycles. The zero-order valence-corrected chi connectivity index (χ0v) is 13.5. The predicted molar refractivity (Wildman–Crippen MR) is 85.0 cm³/mol. The molecule has 0 fully saturated rings. The standard InChI is InChI=1S/C16H25NO2S/c1-4-10-17-12-13-8-7-9-14(11-13)20-15(5-2)16(18)19-6-3/h7-9,11,15,17H,4-6,10,12H2,1-3H3. The lowest BCUT2D eigenvalue weighted by Gasteiger charge is -2.13. The molecule has 0 spiro atoms. The van der Waals surface area contributed by atoms with Crippen molar-refractivity contribution in [2.75, 3.05) is 13.2 Å². The Balaban J connectivity index is 2.61. The van der Waals surface area contributed by atoms with Crippen LogP contribution in [0.3, 0.4) is 0 Å². The second kappa shape index (κ2) is 9.83. The van der Waals surface area contributed by atoms with E-state index >= 15 is 0 Å². The molecule has 0 saturated heterocycles. The van der Waals surface area contributed by atoms with Crippen LogP contribution in [-0.2, 0) is 16.1 Å². The van der Waals surface area contributed by atoms with Gasteiger partial charge in [0.05, 0.1) is 6.61 Å². The first kappa shape index (κ1) is 17.1. The van der Waals surface area contributed by atoms with E-state index in [1.54, 1.807) is 11.8 Å². The molecule has 0 aromatic heterocycles. The third-order valence-electron chi connectivity index (χ3n) is 2.85. The molecule has 3 nitrogen and oxygen atoms in total. The quantitative estimate of drug-likeness (QED) is 0.429. The van der Waals surface area contributed by atoms with Crippen LogP contribution in [0.25, 0.3) is 0 Å². The Hall–Kier alpha value is -1.00. The highest BCUT2D eigenvalue weighted by molar-refractivity contribution is 8.00. The van der Waals surface area contributed by atoms with Crippen molar-refractivity contribution in [2.24, 2.45) is 0 Å². The van der Waals surface area contributed by atoms with Crippen molar-refractivity contribution in [3.8, 4) is 0 Å². The zero-order chi connectivity index (χ0) is 14.8. The number of benzene rings is 1. The Morgan fingerprint density at radius 2 is 2.15 bits per heavy atom. The number of nitrogens with one attached hydrogen (secondary N) is 1. The molecule has 20 heavy (non-hydrogen) atoms. The summed E-state index contributed by atoms with van der Waals surface area (Å²) < 4.78 is 5.10. The van der Waals surface area contributed by atoms with Gasteiger partial charge in [0, 0.05) is 11.4 Å². The molecule has 4 heteroatoms. The normalized spacial score (nSPS) is 12.2. The van der Waals surface area contributed by atoms with E-state index in [4.69, 9.17) is 4.74 Å². The van der Waals surface area contributed by atoms with Crippen LogP contribution in [0.2, 0.25) is 0 Å². The minimum atomic E-state index is -0.117. The second-order valence-electron chi connectivity index (χ2n) is 4.59. The number of carbonyl (C=O) groups excluding carboxylic acids is 1. The van der Waals surface area contributed by atoms with E-state index in [0.717, 1.165) is 30.8 Å². The molecule has 1 rings (SSSR count). The molecule has 0 bridgehead atoms. The summed E-state index contributed by atoms with van der Waals surface area (Å²) in [4.78, 5) is 12.9. The third kappa shape index (κ3) is 5.97. The summed E-state index contributed by atoms with van der Waals surface area (Å²) in [5.74, 6) is -0.116. The number of hydrogen-bond acceptors (Lipinski definition) is 4. The van der Waals surface area contributed by atoms with E-state index in [2.05, 4.69) is 30.4 Å². The van der Waals surface area contributed by atoms with Gasteiger partial charge in [0.25, 0.3) is 0 Å². The number of hydrogen-bond donors (Lipinski definition) is 1. The molecular formula is C16H25NO2S.